The van der Waals surface area contributed by atoms with Crippen LogP contribution < -0.4 is 0 Å². The number of hydrogen-bond donors (Lipinski definition) is 0. The fourth-order valence-electron chi connectivity index (χ4n) is 1.58. The highest BCUT2D eigenvalue weighted by molar-refractivity contribution is 5.28. The highest BCUT2D eigenvalue weighted by Crippen LogP contribution is 2.45. The second-order valence-corrected chi connectivity index (χ2v) is 4.28. The van der Waals surface area contributed by atoms with Crippen molar-refractivity contribution in [2.75, 3.05) is 0 Å². The minimum atomic E-state index is -4.32. The van der Waals surface area contributed by atoms with Crippen molar-refractivity contribution in [3.05, 3.63) is 17.5 Å². The average molecular weight is 218 g/mol. The first-order valence-electron chi connectivity index (χ1n) is 5.06. The summed E-state index contributed by atoms with van der Waals surface area (Å²) in [5, 5.41) is 3.63. The van der Waals surface area contributed by atoms with E-state index in [1.165, 1.54) is 4.68 Å². The van der Waals surface area contributed by atoms with E-state index in [-0.39, 0.29) is 12.0 Å². The third kappa shape index (κ3) is 2.01. The molecule has 1 fully saturated rings. The Kier molecular flexibility index (Phi) is 2.28. The molecule has 0 aromatic carbocycles. The molecule has 0 atom stereocenters. The Balaban J connectivity index is 2.42. The Morgan fingerprint density at radius 1 is 1.40 bits per heavy atom. The molecular formula is C10H13F3N2. The predicted octanol–water partition coefficient (Wildman–Crippen LogP) is 3.36. The first kappa shape index (κ1) is 10.5. The third-order valence-corrected chi connectivity index (χ3v) is 2.58. The lowest BCUT2D eigenvalue weighted by Crippen LogP contribution is -2.10. The molecule has 0 N–H and O–H groups in total. The zero-order valence-electron chi connectivity index (χ0n) is 8.67. The molecule has 1 saturated carbocycles. The second-order valence-electron chi connectivity index (χ2n) is 4.28. The van der Waals surface area contributed by atoms with Crippen molar-refractivity contribution >= 4 is 0 Å². The molecular weight excluding hydrogens is 205 g/mol. The van der Waals surface area contributed by atoms with Crippen LogP contribution in [0.2, 0.25) is 0 Å². The highest BCUT2D eigenvalue weighted by atomic mass is 19.4. The molecule has 0 saturated heterocycles. The molecule has 2 nitrogen and oxygen atoms in total. The summed E-state index contributed by atoms with van der Waals surface area (Å²) in [5.74, 6) is 0.0779. The van der Waals surface area contributed by atoms with Crippen molar-refractivity contribution < 1.29 is 13.2 Å². The van der Waals surface area contributed by atoms with Gasteiger partial charge in [-0.15, -0.1) is 0 Å². The van der Waals surface area contributed by atoms with Crippen molar-refractivity contribution in [2.45, 2.75) is 44.8 Å². The van der Waals surface area contributed by atoms with Gasteiger partial charge in [0, 0.05) is 17.8 Å². The number of aromatic nitrogens is 2. The van der Waals surface area contributed by atoms with Crippen LogP contribution in [0.25, 0.3) is 0 Å². The SMILES string of the molecule is CC(C)n1cc(C2CC2)c(C(F)(F)F)n1. The average Bonchev–Trinajstić information content (AvgIpc) is 2.81. The van der Waals surface area contributed by atoms with Gasteiger partial charge in [-0.05, 0) is 32.6 Å². The lowest BCUT2D eigenvalue weighted by atomic mass is 10.1. The summed E-state index contributed by atoms with van der Waals surface area (Å²) in [6, 6.07) is -0.0291. The van der Waals surface area contributed by atoms with Gasteiger partial charge in [-0.25, -0.2) is 0 Å². The minimum Gasteiger partial charge on any atom is -0.269 e. The second kappa shape index (κ2) is 3.25. The molecule has 84 valence electrons. The summed E-state index contributed by atoms with van der Waals surface area (Å²) < 4.78 is 39.3. The van der Waals surface area contributed by atoms with Crippen molar-refractivity contribution in [2.24, 2.45) is 0 Å². The van der Waals surface area contributed by atoms with E-state index in [9.17, 15) is 13.2 Å². The third-order valence-electron chi connectivity index (χ3n) is 2.58. The van der Waals surface area contributed by atoms with Crippen molar-refractivity contribution in [3.8, 4) is 0 Å². The number of rotatable bonds is 2. The van der Waals surface area contributed by atoms with Gasteiger partial charge in [-0.1, -0.05) is 0 Å². The summed E-state index contributed by atoms with van der Waals surface area (Å²) in [6.45, 7) is 3.65. The molecule has 1 aromatic rings. The molecule has 2 rings (SSSR count). The Labute approximate surface area is 86.1 Å². The van der Waals surface area contributed by atoms with Gasteiger partial charge in [-0.3, -0.25) is 4.68 Å². The molecule has 1 aromatic heterocycles. The molecule has 0 unspecified atom stereocenters. The Morgan fingerprint density at radius 3 is 2.40 bits per heavy atom. The van der Waals surface area contributed by atoms with Gasteiger partial charge in [0.05, 0.1) is 0 Å². The van der Waals surface area contributed by atoms with E-state index in [1.54, 1.807) is 6.20 Å². The zero-order valence-corrected chi connectivity index (χ0v) is 8.67. The summed E-state index contributed by atoms with van der Waals surface area (Å²) in [7, 11) is 0. The zero-order chi connectivity index (χ0) is 11.2. The molecule has 0 bridgehead atoms. The highest BCUT2D eigenvalue weighted by Gasteiger charge is 2.41. The van der Waals surface area contributed by atoms with Crippen LogP contribution in [0.4, 0.5) is 13.2 Å². The van der Waals surface area contributed by atoms with Gasteiger partial charge < -0.3 is 0 Å². The Bertz CT molecular complexity index is 361. The van der Waals surface area contributed by atoms with Crippen LogP contribution in [0.5, 0.6) is 0 Å². The molecule has 1 aliphatic rings. The van der Waals surface area contributed by atoms with Gasteiger partial charge >= 0.3 is 6.18 Å². The van der Waals surface area contributed by atoms with E-state index in [0.717, 1.165) is 12.8 Å². The van der Waals surface area contributed by atoms with E-state index in [4.69, 9.17) is 0 Å². The van der Waals surface area contributed by atoms with Gasteiger partial charge in [0.15, 0.2) is 5.69 Å². The van der Waals surface area contributed by atoms with Gasteiger partial charge in [0.1, 0.15) is 0 Å². The maximum Gasteiger partial charge on any atom is 0.435 e. The summed E-state index contributed by atoms with van der Waals surface area (Å²) in [4.78, 5) is 0. The van der Waals surface area contributed by atoms with Crippen LogP contribution in [0, 0.1) is 0 Å². The van der Waals surface area contributed by atoms with E-state index < -0.39 is 11.9 Å². The topological polar surface area (TPSA) is 17.8 Å². The molecule has 0 spiro atoms. The maximum atomic E-state index is 12.6. The molecule has 15 heavy (non-hydrogen) atoms. The first-order valence-corrected chi connectivity index (χ1v) is 5.06. The minimum absolute atomic E-state index is 0.0291. The van der Waals surface area contributed by atoms with E-state index >= 15 is 0 Å². The number of hydrogen-bond acceptors (Lipinski definition) is 1. The Hall–Kier alpha value is -1.00. The number of alkyl halides is 3. The Morgan fingerprint density at radius 2 is 2.00 bits per heavy atom. The van der Waals surface area contributed by atoms with Crippen LogP contribution in [0.1, 0.15) is 49.9 Å². The predicted molar refractivity (Wildman–Crippen MR) is 49.6 cm³/mol. The lowest BCUT2D eigenvalue weighted by molar-refractivity contribution is -0.142. The van der Waals surface area contributed by atoms with E-state index in [1.807, 2.05) is 13.8 Å². The molecule has 1 aliphatic carbocycles. The molecule has 0 aliphatic heterocycles. The fourth-order valence-corrected chi connectivity index (χ4v) is 1.58. The van der Waals surface area contributed by atoms with Gasteiger partial charge in [-0.2, -0.15) is 18.3 Å². The van der Waals surface area contributed by atoms with Gasteiger partial charge in [0.2, 0.25) is 0 Å². The van der Waals surface area contributed by atoms with Crippen molar-refractivity contribution in [3.63, 3.8) is 0 Å². The first-order chi connectivity index (χ1) is 6.89. The normalized spacial score (nSPS) is 17.5. The lowest BCUT2D eigenvalue weighted by Gasteiger charge is -2.05. The van der Waals surface area contributed by atoms with Crippen LogP contribution in [-0.4, -0.2) is 9.78 Å². The fraction of sp³-hybridized carbons (Fsp3) is 0.700. The van der Waals surface area contributed by atoms with Crippen molar-refractivity contribution in [1.29, 1.82) is 0 Å². The quantitative estimate of drug-likeness (QED) is 0.744. The summed E-state index contributed by atoms with van der Waals surface area (Å²) >= 11 is 0. The van der Waals surface area contributed by atoms with E-state index in [0.29, 0.717) is 5.56 Å². The largest absolute Gasteiger partial charge is 0.435 e. The summed E-state index contributed by atoms with van der Waals surface area (Å²) in [6.07, 6.45) is -1.07. The maximum absolute atomic E-state index is 12.6. The molecule has 0 amide bonds. The van der Waals surface area contributed by atoms with Crippen LogP contribution in [-0.2, 0) is 6.18 Å². The van der Waals surface area contributed by atoms with Crippen LogP contribution in [0.3, 0.4) is 0 Å². The van der Waals surface area contributed by atoms with Gasteiger partial charge in [0.25, 0.3) is 0 Å². The van der Waals surface area contributed by atoms with E-state index in [2.05, 4.69) is 5.10 Å². The smallest absolute Gasteiger partial charge is 0.269 e. The molecule has 5 heteroatoms. The standard InChI is InChI=1S/C10H13F3N2/c1-6(2)15-5-8(7-3-4-7)9(14-15)10(11,12)13/h5-7H,3-4H2,1-2H3. The van der Waals surface area contributed by atoms with Crippen molar-refractivity contribution in [1.82, 2.24) is 9.78 Å². The molecule has 0 radical (unpaired) electrons. The monoisotopic (exact) mass is 218 g/mol. The number of halogens is 3. The van der Waals surface area contributed by atoms with Crippen LogP contribution >= 0.6 is 0 Å². The van der Waals surface area contributed by atoms with Crippen LogP contribution in [0.15, 0.2) is 6.20 Å². The summed E-state index contributed by atoms with van der Waals surface area (Å²) in [5.41, 5.74) is -0.324. The molecule has 1 heterocycles. The number of nitrogens with zero attached hydrogens (tertiary/aromatic N) is 2.